The van der Waals surface area contributed by atoms with E-state index in [1.165, 1.54) is 31.2 Å². The van der Waals surface area contributed by atoms with Crippen LogP contribution in [0.2, 0.25) is 0 Å². The van der Waals surface area contributed by atoms with Crippen LogP contribution in [0.15, 0.2) is 72.3 Å². The number of hydrogen-bond acceptors (Lipinski definition) is 10. The predicted octanol–water partition coefficient (Wildman–Crippen LogP) is 7.71. The van der Waals surface area contributed by atoms with Crippen LogP contribution in [0.25, 0.3) is 0 Å². The van der Waals surface area contributed by atoms with Crippen molar-refractivity contribution in [3.63, 3.8) is 0 Å². The molecule has 0 aromatic heterocycles. The second-order valence-electron chi connectivity index (χ2n) is 26.6. The van der Waals surface area contributed by atoms with Crippen LogP contribution in [0.5, 0.6) is 0 Å². The minimum absolute atomic E-state index is 0.0833. The van der Waals surface area contributed by atoms with E-state index in [2.05, 4.69) is 53.6 Å². The van der Waals surface area contributed by atoms with Crippen molar-refractivity contribution in [3.8, 4) is 11.8 Å². The normalized spacial score (nSPS) is 47.7. The van der Waals surface area contributed by atoms with Crippen molar-refractivity contribution in [1.82, 2.24) is 5.32 Å². The molecule has 12 aliphatic rings. The molecule has 396 valence electrons. The first-order valence-corrected chi connectivity index (χ1v) is 29.2. The second-order valence-corrected chi connectivity index (χ2v) is 26.6. The number of carbonyl (C=O) groups is 2. The quantitative estimate of drug-likeness (QED) is 0.0601. The molecule has 4 bridgehead atoms. The summed E-state index contributed by atoms with van der Waals surface area (Å²) in [4.78, 5) is 29.2. The van der Waals surface area contributed by atoms with Gasteiger partial charge in [-0.15, -0.1) is 0 Å². The number of hydrogen-bond donors (Lipinski definition) is 7. The highest BCUT2D eigenvalue weighted by Gasteiger charge is 2.87. The number of aryl methyl sites for hydroxylation is 1. The van der Waals surface area contributed by atoms with Gasteiger partial charge in [0.1, 0.15) is 18.0 Å². The average molecular weight is 1010 g/mol. The Morgan fingerprint density at radius 1 is 0.878 bits per heavy atom. The lowest BCUT2D eigenvalue weighted by molar-refractivity contribution is -0.358. The molecule has 2 aromatic carbocycles. The van der Waals surface area contributed by atoms with Crippen LogP contribution in [0.1, 0.15) is 144 Å². The monoisotopic (exact) mass is 1010 g/mol. The van der Waals surface area contributed by atoms with Crippen LogP contribution in [-0.4, -0.2) is 91.6 Å². The van der Waals surface area contributed by atoms with E-state index in [1.54, 1.807) is 6.08 Å². The second kappa shape index (κ2) is 17.9. The van der Waals surface area contributed by atoms with E-state index >= 15 is 4.79 Å². The van der Waals surface area contributed by atoms with Crippen LogP contribution in [0.3, 0.4) is 0 Å². The van der Waals surface area contributed by atoms with Crippen molar-refractivity contribution in [2.75, 3.05) is 13.7 Å². The molecule has 8 saturated carbocycles. The average Bonchev–Trinajstić information content (AvgIpc) is 4.25. The fourth-order valence-corrected chi connectivity index (χ4v) is 21.8. The lowest BCUT2D eigenvalue weighted by Crippen LogP contribution is -2.82. The Morgan fingerprint density at radius 3 is 2.46 bits per heavy atom. The van der Waals surface area contributed by atoms with Crippen LogP contribution in [0, 0.1) is 92.7 Å². The fraction of sp³-hybridized carbons (Fsp3) is 0.688. The minimum atomic E-state index is -1.89. The van der Waals surface area contributed by atoms with E-state index in [4.69, 9.17) is 4.74 Å². The first-order chi connectivity index (χ1) is 35.8. The summed E-state index contributed by atoms with van der Waals surface area (Å²) in [7, 11) is 1.91. The van der Waals surface area contributed by atoms with Crippen molar-refractivity contribution in [2.45, 2.75) is 176 Å². The number of carbonyl (C=O) groups excluding carboxylic acids is 2. The lowest BCUT2D eigenvalue weighted by Gasteiger charge is -2.74. The summed E-state index contributed by atoms with van der Waals surface area (Å²) in [5.74, 6) is 5.43. The third kappa shape index (κ3) is 6.56. The van der Waals surface area contributed by atoms with Gasteiger partial charge in [-0.3, -0.25) is 0 Å². The van der Waals surface area contributed by atoms with Crippen molar-refractivity contribution in [2.24, 2.45) is 80.8 Å². The highest BCUT2D eigenvalue weighted by Crippen LogP contribution is 2.82. The van der Waals surface area contributed by atoms with Gasteiger partial charge in [0.2, 0.25) is 0 Å². The van der Waals surface area contributed by atoms with Gasteiger partial charge in [-0.05, 0) is 185 Å². The number of likely N-dealkylation sites (N-methyl/N-ethyl adjacent to an activating group) is 1. The maximum absolute atomic E-state index is 15.3. The summed E-state index contributed by atoms with van der Waals surface area (Å²) < 4.78 is 6.39. The van der Waals surface area contributed by atoms with E-state index in [0.29, 0.717) is 74.7 Å². The van der Waals surface area contributed by atoms with Gasteiger partial charge in [0.05, 0.1) is 35.9 Å². The molecule has 19 atom stereocenters. The molecule has 0 saturated heterocycles. The molecule has 0 amide bonds. The molecule has 19 unspecified atom stereocenters. The number of esters is 1. The number of fused-ring (bicyclic) bond motifs is 7. The summed E-state index contributed by atoms with van der Waals surface area (Å²) in [6, 6.07) is 16.2. The Bertz CT molecular complexity index is 2670. The third-order valence-corrected chi connectivity index (χ3v) is 24.6. The lowest BCUT2D eigenvalue weighted by atomic mass is 9.33. The Hall–Kier alpha value is -3.66. The van der Waals surface area contributed by atoms with Gasteiger partial charge in [-0.1, -0.05) is 92.1 Å². The molecule has 2 spiro atoms. The number of nitrogens with one attached hydrogen (secondary N) is 1. The van der Waals surface area contributed by atoms with Gasteiger partial charge in [-0.25, -0.2) is 4.79 Å². The number of aliphatic hydroxyl groups is 6. The first kappa shape index (κ1) is 49.9. The zero-order chi connectivity index (χ0) is 51.0. The Balaban J connectivity index is 0.978. The van der Waals surface area contributed by atoms with Crippen molar-refractivity contribution in [1.29, 1.82) is 0 Å². The molecule has 1 heterocycles. The van der Waals surface area contributed by atoms with E-state index in [1.807, 2.05) is 31.3 Å². The van der Waals surface area contributed by atoms with E-state index in [-0.39, 0.29) is 62.2 Å². The SMILES string of the molecule is CNC1Cc2c(cccc2CO)C#CCCC23CCC4C(O)(CC5CC6C(C=CCC6C6CCCC6)CC6C(O)C7(CCC(CCc8ccccc8)C7)CC4(C=O)C56O)C2(O)CC2CC1C1OC(=O)C=C1C23CO. The molecule has 0 radical (unpaired) electrons. The van der Waals surface area contributed by atoms with Crippen molar-refractivity contribution < 1.29 is 45.0 Å². The van der Waals surface area contributed by atoms with Gasteiger partial charge < -0.3 is 45.5 Å². The van der Waals surface area contributed by atoms with Gasteiger partial charge in [0, 0.05) is 52.7 Å². The maximum Gasteiger partial charge on any atom is 0.331 e. The topological polar surface area (TPSA) is 177 Å². The molecule has 14 rings (SSSR count). The highest BCUT2D eigenvalue weighted by atomic mass is 16.5. The number of aliphatic hydroxyl groups excluding tert-OH is 3. The number of benzene rings is 2. The molecule has 10 heteroatoms. The highest BCUT2D eigenvalue weighted by molar-refractivity contribution is 5.87. The summed E-state index contributed by atoms with van der Waals surface area (Å²) in [6.07, 6.45) is 20.0. The molecule has 11 aliphatic carbocycles. The van der Waals surface area contributed by atoms with Crippen molar-refractivity contribution in [3.05, 3.63) is 94.6 Å². The van der Waals surface area contributed by atoms with Crippen LogP contribution in [0.4, 0.5) is 0 Å². The van der Waals surface area contributed by atoms with E-state index < -0.39 is 74.4 Å². The number of ether oxygens (including phenoxy) is 1. The van der Waals surface area contributed by atoms with Crippen molar-refractivity contribution >= 4 is 12.3 Å². The first-order valence-electron chi connectivity index (χ1n) is 29.2. The number of rotatable bonds is 8. The standard InChI is InChI=1S/C64H81NO9/c1-65-53-30-48-42(16-9-18-44(48)35-66)15-7-8-24-60-26-23-54-59(37-67)36-58(25-22-40(32-58)21-20-39-11-3-2-4-12-39)57(70)52-27-43-17-10-19-47(41-13-5-6-14-41)49(43)29-46(64(52,59)73)33-62(54,71)63(60,72)34-45-28-50(53)56-51(31-55(69)74-56)61(45,60)38-68/h2-4,9-12,16-18,31,37,40-41,43,45-47,49-50,52-54,56-57,65-66,68,70-73H,5-6,8,13-14,19-30,32-36,38H2,1H3. The van der Waals surface area contributed by atoms with Gasteiger partial charge in [0.25, 0.3) is 0 Å². The molecule has 7 N–H and O–H groups in total. The summed E-state index contributed by atoms with van der Waals surface area (Å²) in [5.41, 5.74) is -5.35. The van der Waals surface area contributed by atoms with Gasteiger partial charge >= 0.3 is 5.97 Å². The molecular formula is C64H81NO9. The Morgan fingerprint density at radius 2 is 1.69 bits per heavy atom. The Kier molecular flexibility index (Phi) is 12.1. The van der Waals surface area contributed by atoms with E-state index in [9.17, 15) is 35.4 Å². The molecule has 2 aromatic rings. The zero-order valence-electron chi connectivity index (χ0n) is 43.6. The molecule has 74 heavy (non-hydrogen) atoms. The third-order valence-electron chi connectivity index (χ3n) is 24.6. The summed E-state index contributed by atoms with van der Waals surface area (Å²) in [6.45, 7) is -0.499. The maximum atomic E-state index is 15.3. The summed E-state index contributed by atoms with van der Waals surface area (Å²) in [5, 5.41) is 84.4. The molecule has 1 aliphatic heterocycles. The Labute approximate surface area is 438 Å². The predicted molar refractivity (Wildman–Crippen MR) is 279 cm³/mol. The fourth-order valence-electron chi connectivity index (χ4n) is 21.8. The van der Waals surface area contributed by atoms with Crippen LogP contribution < -0.4 is 5.32 Å². The summed E-state index contributed by atoms with van der Waals surface area (Å²) >= 11 is 0. The van der Waals surface area contributed by atoms with E-state index in [0.717, 1.165) is 61.5 Å². The molecule has 10 nitrogen and oxygen atoms in total. The van der Waals surface area contributed by atoms with Gasteiger partial charge in [0.15, 0.2) is 0 Å². The number of aldehydes is 1. The molecular weight excluding hydrogens is 927 g/mol. The van der Waals surface area contributed by atoms with Crippen LogP contribution >= 0.6 is 0 Å². The zero-order valence-corrected chi connectivity index (χ0v) is 43.6. The van der Waals surface area contributed by atoms with Crippen LogP contribution in [-0.2, 0) is 33.8 Å². The minimum Gasteiger partial charge on any atom is -0.454 e. The van der Waals surface area contributed by atoms with Gasteiger partial charge in [-0.2, -0.15) is 0 Å². The smallest absolute Gasteiger partial charge is 0.331 e. The molecule has 8 fully saturated rings. The number of allylic oxidation sites excluding steroid dienone is 2. The largest absolute Gasteiger partial charge is 0.454 e.